The highest BCUT2D eigenvalue weighted by molar-refractivity contribution is 6.20. The Labute approximate surface area is 117 Å². The van der Waals surface area contributed by atoms with Crippen molar-refractivity contribution in [1.82, 2.24) is 9.55 Å². The van der Waals surface area contributed by atoms with Crippen LogP contribution >= 0.6 is 11.6 Å². The first-order valence-electron chi connectivity index (χ1n) is 6.43. The quantitative estimate of drug-likeness (QED) is 0.774. The van der Waals surface area contributed by atoms with E-state index < -0.39 is 0 Å². The summed E-state index contributed by atoms with van der Waals surface area (Å²) in [6, 6.07) is 4.64. The summed E-state index contributed by atoms with van der Waals surface area (Å²) in [5.74, 6) is 0.473. The van der Waals surface area contributed by atoms with Crippen LogP contribution in [0, 0.1) is 5.82 Å². The van der Waals surface area contributed by atoms with E-state index in [1.54, 1.807) is 6.07 Å². The monoisotopic (exact) mass is 284 g/mol. The van der Waals surface area contributed by atoms with Crippen LogP contribution in [0.2, 0.25) is 0 Å². The Morgan fingerprint density at radius 1 is 1.42 bits per heavy atom. The van der Waals surface area contributed by atoms with Crippen LogP contribution in [-0.4, -0.2) is 22.8 Å². The number of ether oxygens (including phenoxy) is 1. The molecule has 5 heteroatoms. The van der Waals surface area contributed by atoms with Gasteiger partial charge in [0.15, 0.2) is 0 Å². The molecule has 2 rings (SSSR count). The van der Waals surface area contributed by atoms with Crippen molar-refractivity contribution in [3.05, 3.63) is 29.8 Å². The van der Waals surface area contributed by atoms with Gasteiger partial charge in [0.25, 0.3) is 0 Å². The summed E-state index contributed by atoms with van der Waals surface area (Å²) < 4.78 is 20.8. The van der Waals surface area contributed by atoms with E-state index in [4.69, 9.17) is 16.3 Å². The van der Waals surface area contributed by atoms with Crippen LogP contribution in [0.3, 0.4) is 0 Å². The fraction of sp³-hybridized carbons (Fsp3) is 0.500. The van der Waals surface area contributed by atoms with Crippen molar-refractivity contribution in [2.75, 3.05) is 13.2 Å². The molecule has 0 saturated carbocycles. The summed E-state index contributed by atoms with van der Waals surface area (Å²) in [6.07, 6.45) is 0. The highest BCUT2D eigenvalue weighted by Gasteiger charge is 2.19. The van der Waals surface area contributed by atoms with Gasteiger partial charge in [-0.25, -0.2) is 9.37 Å². The number of imidazole rings is 1. The van der Waals surface area contributed by atoms with Gasteiger partial charge in [0, 0.05) is 6.61 Å². The Morgan fingerprint density at radius 2 is 2.16 bits per heavy atom. The molecule has 1 aromatic heterocycles. The lowest BCUT2D eigenvalue weighted by atomic mass is 10.2. The molecular weight excluding hydrogens is 267 g/mol. The minimum Gasteiger partial charge on any atom is -0.380 e. The fourth-order valence-electron chi connectivity index (χ4n) is 2.19. The molecule has 2 atom stereocenters. The molecule has 0 saturated heterocycles. The molecule has 3 nitrogen and oxygen atoms in total. The molecule has 0 fully saturated rings. The Hall–Kier alpha value is -1.13. The van der Waals surface area contributed by atoms with Gasteiger partial charge in [0.05, 0.1) is 29.1 Å². The van der Waals surface area contributed by atoms with Crippen molar-refractivity contribution in [3.8, 4) is 0 Å². The van der Waals surface area contributed by atoms with Crippen LogP contribution in [0.4, 0.5) is 4.39 Å². The predicted octanol–water partition coefficient (Wildman–Crippen LogP) is 4.07. The number of nitrogens with zero attached hydrogens (tertiary/aromatic N) is 2. The molecule has 0 aliphatic carbocycles. The zero-order valence-electron chi connectivity index (χ0n) is 11.4. The minimum absolute atomic E-state index is 0.0583. The topological polar surface area (TPSA) is 27.1 Å². The summed E-state index contributed by atoms with van der Waals surface area (Å²) in [5.41, 5.74) is 1.52. The number of benzene rings is 1. The number of rotatable bonds is 5. The van der Waals surface area contributed by atoms with E-state index in [9.17, 15) is 4.39 Å². The average Bonchev–Trinajstić information content (AvgIpc) is 2.74. The van der Waals surface area contributed by atoms with Crippen LogP contribution in [0.1, 0.15) is 38.0 Å². The standard InChI is InChI=1S/C14H18ClFN2O/c1-4-19-8-9(2)18-13-7-11(16)5-6-12(13)17-14(18)10(3)15/h5-7,9-10H,4,8H2,1-3H3. The molecule has 0 spiro atoms. The van der Waals surface area contributed by atoms with E-state index in [2.05, 4.69) is 4.98 Å². The third-order valence-electron chi connectivity index (χ3n) is 3.04. The molecule has 0 radical (unpaired) electrons. The van der Waals surface area contributed by atoms with Gasteiger partial charge in [0.2, 0.25) is 0 Å². The normalized spacial score (nSPS) is 14.8. The second-order valence-electron chi connectivity index (χ2n) is 4.60. The van der Waals surface area contributed by atoms with Crippen molar-refractivity contribution in [3.63, 3.8) is 0 Å². The first-order valence-corrected chi connectivity index (χ1v) is 6.87. The van der Waals surface area contributed by atoms with Crippen molar-refractivity contribution in [1.29, 1.82) is 0 Å². The van der Waals surface area contributed by atoms with E-state index in [1.165, 1.54) is 12.1 Å². The predicted molar refractivity (Wildman–Crippen MR) is 75.2 cm³/mol. The van der Waals surface area contributed by atoms with E-state index in [0.717, 1.165) is 16.9 Å². The minimum atomic E-state index is -0.272. The highest BCUT2D eigenvalue weighted by atomic mass is 35.5. The molecule has 0 N–H and O–H groups in total. The number of hydrogen-bond acceptors (Lipinski definition) is 2. The molecule has 1 aromatic carbocycles. The highest BCUT2D eigenvalue weighted by Crippen LogP contribution is 2.28. The van der Waals surface area contributed by atoms with Crippen molar-refractivity contribution in [2.24, 2.45) is 0 Å². The fourth-order valence-corrected chi connectivity index (χ4v) is 2.35. The van der Waals surface area contributed by atoms with E-state index in [1.807, 2.05) is 25.3 Å². The zero-order chi connectivity index (χ0) is 14.0. The molecular formula is C14H18ClFN2O. The van der Waals surface area contributed by atoms with Gasteiger partial charge in [0.1, 0.15) is 11.6 Å². The second-order valence-corrected chi connectivity index (χ2v) is 5.25. The largest absolute Gasteiger partial charge is 0.380 e. The molecule has 104 valence electrons. The van der Waals surface area contributed by atoms with Crippen molar-refractivity contribution >= 4 is 22.6 Å². The Balaban J connectivity index is 2.53. The number of halogens is 2. The molecule has 2 aromatic rings. The first-order chi connectivity index (χ1) is 9.04. The maximum absolute atomic E-state index is 13.4. The summed E-state index contributed by atoms with van der Waals surface area (Å²) in [7, 11) is 0. The van der Waals surface area contributed by atoms with Crippen LogP contribution < -0.4 is 0 Å². The molecule has 0 bridgehead atoms. The summed E-state index contributed by atoms with van der Waals surface area (Å²) >= 11 is 6.18. The van der Waals surface area contributed by atoms with Gasteiger partial charge in [-0.1, -0.05) is 0 Å². The summed E-state index contributed by atoms with van der Waals surface area (Å²) in [4.78, 5) is 4.49. The molecule has 2 unspecified atom stereocenters. The molecule has 1 heterocycles. The Bertz CT molecular complexity index is 568. The molecule has 0 amide bonds. The number of aromatic nitrogens is 2. The van der Waals surface area contributed by atoms with Crippen LogP contribution in [0.25, 0.3) is 11.0 Å². The smallest absolute Gasteiger partial charge is 0.128 e. The average molecular weight is 285 g/mol. The first kappa shape index (κ1) is 14.3. The number of fused-ring (bicyclic) bond motifs is 1. The summed E-state index contributed by atoms with van der Waals surface area (Å²) in [6.45, 7) is 7.03. The zero-order valence-corrected chi connectivity index (χ0v) is 12.1. The maximum atomic E-state index is 13.4. The third kappa shape index (κ3) is 2.90. The van der Waals surface area contributed by atoms with E-state index >= 15 is 0 Å². The maximum Gasteiger partial charge on any atom is 0.128 e. The van der Waals surface area contributed by atoms with Gasteiger partial charge in [-0.3, -0.25) is 0 Å². The van der Waals surface area contributed by atoms with Gasteiger partial charge in [-0.2, -0.15) is 0 Å². The van der Waals surface area contributed by atoms with Crippen molar-refractivity contribution in [2.45, 2.75) is 32.2 Å². The lowest BCUT2D eigenvalue weighted by Crippen LogP contribution is -2.15. The molecule has 0 aliphatic heterocycles. The third-order valence-corrected chi connectivity index (χ3v) is 3.23. The summed E-state index contributed by atoms with van der Waals surface area (Å²) in [5, 5.41) is -0.237. The number of hydrogen-bond donors (Lipinski definition) is 0. The molecule has 0 aliphatic rings. The van der Waals surface area contributed by atoms with E-state index in [0.29, 0.717) is 13.2 Å². The second kappa shape index (κ2) is 5.88. The van der Waals surface area contributed by atoms with Crippen molar-refractivity contribution < 1.29 is 9.13 Å². The van der Waals surface area contributed by atoms with Crippen LogP contribution in [-0.2, 0) is 4.74 Å². The van der Waals surface area contributed by atoms with Gasteiger partial charge in [-0.05, 0) is 39.0 Å². The number of alkyl halides is 1. The van der Waals surface area contributed by atoms with Crippen LogP contribution in [0.15, 0.2) is 18.2 Å². The van der Waals surface area contributed by atoms with Crippen LogP contribution in [0.5, 0.6) is 0 Å². The van der Waals surface area contributed by atoms with E-state index in [-0.39, 0.29) is 17.2 Å². The SMILES string of the molecule is CCOCC(C)n1c(C(C)Cl)nc2ccc(F)cc21. The lowest BCUT2D eigenvalue weighted by Gasteiger charge is -2.18. The van der Waals surface area contributed by atoms with Gasteiger partial charge < -0.3 is 9.30 Å². The Kier molecular flexibility index (Phi) is 4.42. The van der Waals surface area contributed by atoms with Gasteiger partial charge in [-0.15, -0.1) is 11.6 Å². The van der Waals surface area contributed by atoms with Gasteiger partial charge >= 0.3 is 0 Å². The Morgan fingerprint density at radius 3 is 2.79 bits per heavy atom. The lowest BCUT2D eigenvalue weighted by molar-refractivity contribution is 0.119. The molecule has 19 heavy (non-hydrogen) atoms.